The molecule has 0 radical (unpaired) electrons. The van der Waals surface area contributed by atoms with Crippen LogP contribution in [-0.4, -0.2) is 26.4 Å². The third-order valence-corrected chi connectivity index (χ3v) is 7.05. The van der Waals surface area contributed by atoms with Gasteiger partial charge < -0.3 is 15.8 Å². The highest BCUT2D eigenvalue weighted by Gasteiger charge is 2.35. The third kappa shape index (κ3) is 5.05. The predicted octanol–water partition coefficient (Wildman–Crippen LogP) is 5.55. The highest BCUT2D eigenvalue weighted by Crippen LogP contribution is 2.41. The maximum Gasteiger partial charge on any atom is 0.248 e. The van der Waals surface area contributed by atoms with E-state index >= 15 is 0 Å². The van der Waals surface area contributed by atoms with Crippen LogP contribution < -0.4 is 15.8 Å². The van der Waals surface area contributed by atoms with Crippen molar-refractivity contribution in [2.75, 3.05) is 11.1 Å². The number of primary amides is 1. The molecule has 1 aliphatic heterocycles. The Balaban J connectivity index is 1.79. The van der Waals surface area contributed by atoms with Gasteiger partial charge in [0.25, 0.3) is 0 Å². The molecule has 1 atom stereocenters. The first-order chi connectivity index (χ1) is 15.9. The van der Waals surface area contributed by atoms with E-state index in [1.165, 1.54) is 0 Å². The van der Waals surface area contributed by atoms with Gasteiger partial charge in [0.1, 0.15) is 18.4 Å². The number of anilines is 1. The lowest BCUT2D eigenvalue weighted by Gasteiger charge is -2.29. The summed E-state index contributed by atoms with van der Waals surface area (Å²) in [7, 11) is 0. The molecule has 1 unspecified atom stereocenters. The van der Waals surface area contributed by atoms with E-state index in [2.05, 4.69) is 38.3 Å². The number of nitrogens with two attached hydrogens (primary N) is 1. The number of amides is 1. The molecule has 0 saturated heterocycles. The average molecular weight is 549 g/mol. The Labute approximate surface area is 209 Å². The number of hydrogen-bond donors (Lipinski definition) is 2. The van der Waals surface area contributed by atoms with Crippen LogP contribution in [0.3, 0.4) is 0 Å². The number of thioether (sulfide) groups is 1. The molecule has 2 heterocycles. The molecule has 33 heavy (non-hydrogen) atoms. The SMILES string of the molecule is CCCSc1nc2n(n1)C(c1cc(Br)ccc1OCc1ccccc1Cl)C(C(N)=O)=C(C)N2. The van der Waals surface area contributed by atoms with Gasteiger partial charge in [0.05, 0.1) is 5.57 Å². The number of nitrogens with one attached hydrogen (secondary N) is 1. The Morgan fingerprint density at radius 2 is 2.12 bits per heavy atom. The Morgan fingerprint density at radius 3 is 2.85 bits per heavy atom. The van der Waals surface area contributed by atoms with Gasteiger partial charge >= 0.3 is 0 Å². The van der Waals surface area contributed by atoms with Crippen LogP contribution in [0.15, 0.2) is 63.4 Å². The van der Waals surface area contributed by atoms with Crippen LogP contribution in [0.2, 0.25) is 5.02 Å². The number of ether oxygens (including phenoxy) is 1. The standard InChI is InChI=1S/C23H23BrClN5O2S/c1-3-10-33-23-28-22-27-13(2)19(21(26)31)20(30(22)29-23)16-11-15(24)8-9-18(16)32-12-14-6-4-5-7-17(14)25/h4-9,11,20H,3,10,12H2,1-2H3,(H2,26,31)(H,27,28,29). The van der Waals surface area contributed by atoms with Gasteiger partial charge in [0.2, 0.25) is 17.0 Å². The van der Waals surface area contributed by atoms with Gasteiger partial charge in [-0.05, 0) is 37.6 Å². The first kappa shape index (κ1) is 23.7. The molecular weight excluding hydrogens is 526 g/mol. The molecule has 0 spiro atoms. The number of fused-ring (bicyclic) bond motifs is 1. The van der Waals surface area contributed by atoms with Gasteiger partial charge in [0.15, 0.2) is 0 Å². The lowest BCUT2D eigenvalue weighted by Crippen LogP contribution is -2.32. The molecule has 1 aliphatic rings. The van der Waals surface area contributed by atoms with Gasteiger partial charge in [-0.15, -0.1) is 5.10 Å². The summed E-state index contributed by atoms with van der Waals surface area (Å²) < 4.78 is 8.74. The number of rotatable bonds is 8. The Morgan fingerprint density at radius 1 is 1.33 bits per heavy atom. The van der Waals surface area contributed by atoms with E-state index in [-0.39, 0.29) is 6.61 Å². The minimum absolute atomic E-state index is 0.274. The van der Waals surface area contributed by atoms with Crippen LogP contribution in [0, 0.1) is 0 Å². The number of allylic oxidation sites excluding steroid dienone is 1. The second-order valence-electron chi connectivity index (χ2n) is 7.50. The molecule has 10 heteroatoms. The minimum atomic E-state index is -0.596. The fraction of sp³-hybridized carbons (Fsp3) is 0.261. The summed E-state index contributed by atoms with van der Waals surface area (Å²) in [5, 5.41) is 9.12. The van der Waals surface area contributed by atoms with E-state index in [9.17, 15) is 4.79 Å². The number of hydrogen-bond acceptors (Lipinski definition) is 6. The normalized spacial score (nSPS) is 15.2. The van der Waals surface area contributed by atoms with Gasteiger partial charge in [-0.25, -0.2) is 4.68 Å². The summed E-state index contributed by atoms with van der Waals surface area (Å²) in [6.45, 7) is 4.19. The van der Waals surface area contributed by atoms with Gasteiger partial charge in [0, 0.05) is 32.1 Å². The Kier molecular flexibility index (Phi) is 7.31. The smallest absolute Gasteiger partial charge is 0.248 e. The van der Waals surface area contributed by atoms with Gasteiger partial charge in [-0.2, -0.15) is 4.98 Å². The van der Waals surface area contributed by atoms with Crippen molar-refractivity contribution in [2.24, 2.45) is 5.73 Å². The predicted molar refractivity (Wildman–Crippen MR) is 135 cm³/mol. The summed E-state index contributed by atoms with van der Waals surface area (Å²) in [6, 6.07) is 12.6. The number of carbonyl (C=O) groups excluding carboxylic acids is 1. The molecule has 1 amide bonds. The van der Waals surface area contributed by atoms with Crippen molar-refractivity contribution in [3.63, 3.8) is 0 Å². The summed E-state index contributed by atoms with van der Waals surface area (Å²) in [4.78, 5) is 17.2. The van der Waals surface area contributed by atoms with Crippen molar-refractivity contribution >= 4 is 51.1 Å². The molecule has 172 valence electrons. The van der Waals surface area contributed by atoms with E-state index in [4.69, 9.17) is 22.1 Å². The number of nitrogens with zero attached hydrogens (tertiary/aromatic N) is 3. The third-order valence-electron chi connectivity index (χ3n) is 5.14. The van der Waals surface area contributed by atoms with Crippen LogP contribution >= 0.6 is 39.3 Å². The van der Waals surface area contributed by atoms with Gasteiger partial charge in [-0.1, -0.05) is 64.4 Å². The first-order valence-electron chi connectivity index (χ1n) is 10.4. The maximum atomic E-state index is 12.5. The van der Waals surface area contributed by atoms with Crippen LogP contribution in [0.1, 0.15) is 37.4 Å². The summed E-state index contributed by atoms with van der Waals surface area (Å²) in [5.41, 5.74) is 8.47. The quantitative estimate of drug-likeness (QED) is 0.359. The minimum Gasteiger partial charge on any atom is -0.488 e. The number of aromatic nitrogens is 3. The summed E-state index contributed by atoms with van der Waals surface area (Å²) in [5.74, 6) is 1.51. The fourth-order valence-corrected chi connectivity index (χ4v) is 4.88. The lowest BCUT2D eigenvalue weighted by molar-refractivity contribution is -0.115. The van der Waals surface area contributed by atoms with Crippen LogP contribution in [0.25, 0.3) is 0 Å². The molecule has 3 aromatic rings. The summed E-state index contributed by atoms with van der Waals surface area (Å²) >= 11 is 11.4. The number of halogens is 2. The zero-order valence-electron chi connectivity index (χ0n) is 18.1. The Bertz CT molecular complexity index is 1230. The molecule has 0 bridgehead atoms. The van der Waals surface area contributed by atoms with Crippen molar-refractivity contribution in [1.82, 2.24) is 14.8 Å². The molecule has 7 nitrogen and oxygen atoms in total. The number of carbonyl (C=O) groups is 1. The second-order valence-corrected chi connectivity index (χ2v) is 9.89. The molecule has 1 aromatic heterocycles. The fourth-order valence-electron chi connectivity index (χ4n) is 3.63. The van der Waals surface area contributed by atoms with E-state index in [0.29, 0.717) is 33.1 Å². The van der Waals surface area contributed by atoms with Crippen molar-refractivity contribution in [3.05, 3.63) is 74.4 Å². The largest absolute Gasteiger partial charge is 0.488 e. The molecular formula is C23H23BrClN5O2S. The summed E-state index contributed by atoms with van der Waals surface area (Å²) in [6.07, 6.45) is 1.00. The average Bonchev–Trinajstić information content (AvgIpc) is 3.19. The maximum absolute atomic E-state index is 12.5. The topological polar surface area (TPSA) is 95.1 Å². The molecule has 3 N–H and O–H groups in total. The zero-order valence-corrected chi connectivity index (χ0v) is 21.3. The van der Waals surface area contributed by atoms with Crippen LogP contribution in [0.5, 0.6) is 5.75 Å². The molecule has 2 aromatic carbocycles. The highest BCUT2D eigenvalue weighted by molar-refractivity contribution is 9.10. The van der Waals surface area contributed by atoms with Gasteiger partial charge in [-0.3, -0.25) is 4.79 Å². The number of benzene rings is 2. The Hall–Kier alpha value is -2.49. The molecule has 0 saturated carbocycles. The first-order valence-corrected chi connectivity index (χ1v) is 12.6. The van der Waals surface area contributed by atoms with E-state index in [1.807, 2.05) is 49.4 Å². The molecule has 0 fully saturated rings. The van der Waals surface area contributed by atoms with Crippen LogP contribution in [0.4, 0.5) is 5.95 Å². The van der Waals surface area contributed by atoms with Crippen molar-refractivity contribution in [1.29, 1.82) is 0 Å². The van der Waals surface area contributed by atoms with E-state index < -0.39 is 11.9 Å². The monoisotopic (exact) mass is 547 g/mol. The lowest BCUT2D eigenvalue weighted by atomic mass is 9.94. The zero-order chi connectivity index (χ0) is 23.5. The van der Waals surface area contributed by atoms with Crippen LogP contribution in [-0.2, 0) is 11.4 Å². The van der Waals surface area contributed by atoms with Crippen molar-refractivity contribution in [2.45, 2.75) is 38.1 Å². The van der Waals surface area contributed by atoms with E-state index in [1.54, 1.807) is 16.4 Å². The second kappa shape index (κ2) is 10.2. The van der Waals surface area contributed by atoms with Crippen molar-refractivity contribution in [3.8, 4) is 5.75 Å². The molecule has 0 aliphatic carbocycles. The van der Waals surface area contributed by atoms with Crippen molar-refractivity contribution < 1.29 is 9.53 Å². The van der Waals surface area contributed by atoms with E-state index in [0.717, 1.165) is 27.8 Å². The highest BCUT2D eigenvalue weighted by atomic mass is 79.9. The molecule has 4 rings (SSSR count).